The summed E-state index contributed by atoms with van der Waals surface area (Å²) in [7, 11) is 0. The average molecular weight is 334 g/mol. The minimum absolute atomic E-state index is 0.0655. The number of hydrogen-bond acceptors (Lipinski definition) is 2. The average Bonchev–Trinajstić information content (AvgIpc) is 2.91. The molecule has 0 radical (unpaired) electrons. The first-order chi connectivity index (χ1) is 10.8. The summed E-state index contributed by atoms with van der Waals surface area (Å²) in [6.45, 7) is 11.1. The minimum Gasteiger partial charge on any atom is -0.341 e. The lowest BCUT2D eigenvalue weighted by Crippen LogP contribution is -2.47. The monoisotopic (exact) mass is 333 g/mol. The van der Waals surface area contributed by atoms with Crippen LogP contribution in [0.3, 0.4) is 0 Å². The largest absolute Gasteiger partial charge is 0.341 e. The minimum atomic E-state index is -0.740. The van der Waals surface area contributed by atoms with E-state index < -0.39 is 5.54 Å². The Labute approximate surface area is 143 Å². The van der Waals surface area contributed by atoms with Crippen LogP contribution in [0.25, 0.3) is 11.3 Å². The molecule has 0 N–H and O–H groups in total. The Bertz CT molecular complexity index is 702. The highest BCUT2D eigenvalue weighted by molar-refractivity contribution is 6.33. The molecular weight excluding hydrogens is 310 g/mol. The molecule has 0 aliphatic rings. The van der Waals surface area contributed by atoms with Crippen molar-refractivity contribution in [2.75, 3.05) is 13.1 Å². The van der Waals surface area contributed by atoms with Gasteiger partial charge in [0.2, 0.25) is 5.91 Å². The Balaban J connectivity index is 2.44. The summed E-state index contributed by atoms with van der Waals surface area (Å²) in [6.07, 6.45) is 1.92. The number of halogens is 1. The molecule has 5 heteroatoms. The van der Waals surface area contributed by atoms with E-state index in [1.54, 1.807) is 4.68 Å². The van der Waals surface area contributed by atoms with Gasteiger partial charge in [0, 0.05) is 24.8 Å². The molecule has 0 saturated carbocycles. The van der Waals surface area contributed by atoms with Crippen molar-refractivity contribution in [1.29, 1.82) is 0 Å². The SMILES string of the molecule is CCN(CC)C(=O)C(C)(C)n1cc(C)c(-c2ccccc2Cl)n1. The quantitative estimate of drug-likeness (QED) is 0.825. The molecule has 1 heterocycles. The number of amides is 1. The van der Waals surface area contributed by atoms with Crippen molar-refractivity contribution in [1.82, 2.24) is 14.7 Å². The molecule has 23 heavy (non-hydrogen) atoms. The number of hydrogen-bond donors (Lipinski definition) is 0. The van der Waals surface area contributed by atoms with Gasteiger partial charge in [-0.3, -0.25) is 9.48 Å². The molecule has 0 bridgehead atoms. The second-order valence-electron chi connectivity index (χ2n) is 6.12. The highest BCUT2D eigenvalue weighted by Crippen LogP contribution is 2.30. The van der Waals surface area contributed by atoms with Crippen molar-refractivity contribution < 1.29 is 4.79 Å². The van der Waals surface area contributed by atoms with Gasteiger partial charge in [0.15, 0.2) is 0 Å². The van der Waals surface area contributed by atoms with E-state index >= 15 is 0 Å². The Kier molecular flexibility index (Phi) is 5.15. The highest BCUT2D eigenvalue weighted by Gasteiger charge is 2.34. The molecule has 4 nitrogen and oxygen atoms in total. The number of carbonyl (C=O) groups is 1. The van der Waals surface area contributed by atoms with Crippen molar-refractivity contribution in [3.63, 3.8) is 0 Å². The molecule has 0 fully saturated rings. The van der Waals surface area contributed by atoms with Crippen molar-refractivity contribution in [3.05, 3.63) is 41.0 Å². The number of carbonyl (C=O) groups excluding carboxylic acids is 1. The summed E-state index contributed by atoms with van der Waals surface area (Å²) >= 11 is 6.29. The molecule has 0 aliphatic carbocycles. The van der Waals surface area contributed by atoms with Crippen LogP contribution in [0.4, 0.5) is 0 Å². The molecule has 1 amide bonds. The standard InChI is InChI=1S/C18H24ClN3O/c1-6-21(7-2)17(23)18(4,5)22-12-13(3)16(20-22)14-10-8-9-11-15(14)19/h8-12H,6-7H2,1-5H3. The van der Waals surface area contributed by atoms with Gasteiger partial charge >= 0.3 is 0 Å². The zero-order chi connectivity index (χ0) is 17.2. The van der Waals surface area contributed by atoms with Gasteiger partial charge in [0.25, 0.3) is 0 Å². The van der Waals surface area contributed by atoms with E-state index in [1.165, 1.54) is 0 Å². The first kappa shape index (κ1) is 17.5. The van der Waals surface area contributed by atoms with Crippen LogP contribution in [0, 0.1) is 6.92 Å². The van der Waals surface area contributed by atoms with Gasteiger partial charge < -0.3 is 4.90 Å². The lowest BCUT2D eigenvalue weighted by atomic mass is 10.0. The summed E-state index contributed by atoms with van der Waals surface area (Å²) < 4.78 is 1.75. The number of rotatable bonds is 5. The number of likely N-dealkylation sites (N-methyl/N-ethyl adjacent to an activating group) is 1. The van der Waals surface area contributed by atoms with Gasteiger partial charge in [0.05, 0.1) is 10.7 Å². The smallest absolute Gasteiger partial charge is 0.249 e. The molecule has 0 spiro atoms. The van der Waals surface area contributed by atoms with Crippen molar-refractivity contribution in [2.24, 2.45) is 0 Å². The number of nitrogens with zero attached hydrogens (tertiary/aromatic N) is 3. The lowest BCUT2D eigenvalue weighted by molar-refractivity contribution is -0.139. The molecule has 1 aromatic heterocycles. The van der Waals surface area contributed by atoms with Gasteiger partial charge in [-0.05, 0) is 46.2 Å². The maximum atomic E-state index is 12.8. The Morgan fingerprint density at radius 3 is 2.43 bits per heavy atom. The molecule has 2 aromatic rings. The molecule has 1 aromatic carbocycles. The van der Waals surface area contributed by atoms with Crippen molar-refractivity contribution in [3.8, 4) is 11.3 Å². The van der Waals surface area contributed by atoms with Crippen LogP contribution in [0.1, 0.15) is 33.3 Å². The van der Waals surface area contributed by atoms with Crippen LogP contribution >= 0.6 is 11.6 Å². The van der Waals surface area contributed by atoms with Gasteiger partial charge in [0.1, 0.15) is 5.54 Å². The summed E-state index contributed by atoms with van der Waals surface area (Å²) in [5.74, 6) is 0.0655. The molecule has 124 valence electrons. The van der Waals surface area contributed by atoms with Crippen molar-refractivity contribution in [2.45, 2.75) is 40.2 Å². The van der Waals surface area contributed by atoms with E-state index in [4.69, 9.17) is 11.6 Å². The predicted octanol–water partition coefficient (Wildman–Crippen LogP) is 4.12. The van der Waals surface area contributed by atoms with E-state index in [0.717, 1.165) is 16.8 Å². The van der Waals surface area contributed by atoms with Crippen LogP contribution < -0.4 is 0 Å². The maximum Gasteiger partial charge on any atom is 0.249 e. The Morgan fingerprint density at radius 2 is 1.87 bits per heavy atom. The third-order valence-corrected chi connectivity index (χ3v) is 4.50. The van der Waals surface area contributed by atoms with Gasteiger partial charge in [-0.25, -0.2) is 0 Å². The second-order valence-corrected chi connectivity index (χ2v) is 6.53. The first-order valence-electron chi connectivity index (χ1n) is 7.93. The van der Waals surface area contributed by atoms with Crippen molar-refractivity contribution >= 4 is 17.5 Å². The van der Waals surface area contributed by atoms with E-state index in [2.05, 4.69) is 5.10 Å². The van der Waals surface area contributed by atoms with E-state index in [9.17, 15) is 4.79 Å². The number of aryl methyl sites for hydroxylation is 1. The summed E-state index contributed by atoms with van der Waals surface area (Å²) in [5, 5.41) is 5.33. The normalized spacial score (nSPS) is 11.6. The topological polar surface area (TPSA) is 38.1 Å². The Morgan fingerprint density at radius 1 is 1.26 bits per heavy atom. The third kappa shape index (κ3) is 3.27. The second kappa shape index (κ2) is 6.75. The van der Waals surface area contributed by atoms with Crippen LogP contribution in [0.2, 0.25) is 5.02 Å². The number of benzene rings is 1. The molecule has 0 unspecified atom stereocenters. The summed E-state index contributed by atoms with van der Waals surface area (Å²) in [5.41, 5.74) is 1.96. The zero-order valence-corrected chi connectivity index (χ0v) is 15.2. The van der Waals surface area contributed by atoms with E-state index in [1.807, 2.05) is 70.0 Å². The van der Waals surface area contributed by atoms with E-state index in [0.29, 0.717) is 18.1 Å². The van der Waals surface area contributed by atoms with Gasteiger partial charge in [-0.1, -0.05) is 29.8 Å². The third-order valence-electron chi connectivity index (χ3n) is 4.17. The fraction of sp³-hybridized carbons (Fsp3) is 0.444. The fourth-order valence-electron chi connectivity index (χ4n) is 2.66. The molecule has 0 aliphatic heterocycles. The molecule has 0 atom stereocenters. The number of aromatic nitrogens is 2. The summed E-state index contributed by atoms with van der Waals surface area (Å²) in [4.78, 5) is 14.6. The van der Waals surface area contributed by atoms with Crippen LogP contribution in [-0.4, -0.2) is 33.7 Å². The molecule has 2 rings (SSSR count). The predicted molar refractivity (Wildman–Crippen MR) is 94.7 cm³/mol. The molecule has 0 saturated heterocycles. The Hall–Kier alpha value is -1.81. The maximum absolute atomic E-state index is 12.8. The molecular formula is C18H24ClN3O. The van der Waals surface area contributed by atoms with Crippen LogP contribution in [-0.2, 0) is 10.3 Å². The van der Waals surface area contributed by atoms with Crippen LogP contribution in [0.5, 0.6) is 0 Å². The fourth-order valence-corrected chi connectivity index (χ4v) is 2.89. The van der Waals surface area contributed by atoms with Gasteiger partial charge in [-0.2, -0.15) is 5.10 Å². The summed E-state index contributed by atoms with van der Waals surface area (Å²) in [6, 6.07) is 7.63. The van der Waals surface area contributed by atoms with Gasteiger partial charge in [-0.15, -0.1) is 0 Å². The first-order valence-corrected chi connectivity index (χ1v) is 8.31. The zero-order valence-electron chi connectivity index (χ0n) is 14.4. The lowest BCUT2D eigenvalue weighted by Gasteiger charge is -2.30. The van der Waals surface area contributed by atoms with Crippen LogP contribution in [0.15, 0.2) is 30.5 Å². The van der Waals surface area contributed by atoms with E-state index in [-0.39, 0.29) is 5.91 Å². The highest BCUT2D eigenvalue weighted by atomic mass is 35.5.